The highest BCUT2D eigenvalue weighted by molar-refractivity contribution is 5.73. The van der Waals surface area contributed by atoms with Gasteiger partial charge in [-0.15, -0.1) is 0 Å². The first-order valence-corrected chi connectivity index (χ1v) is 7.54. The highest BCUT2D eigenvalue weighted by Crippen LogP contribution is 2.30. The van der Waals surface area contributed by atoms with Crippen molar-refractivity contribution in [3.63, 3.8) is 0 Å². The van der Waals surface area contributed by atoms with Gasteiger partial charge in [0.15, 0.2) is 0 Å². The highest BCUT2D eigenvalue weighted by Gasteiger charge is 2.20. The summed E-state index contributed by atoms with van der Waals surface area (Å²) in [4.78, 5) is 11.2. The molecule has 0 fully saturated rings. The van der Waals surface area contributed by atoms with Crippen molar-refractivity contribution in [2.75, 3.05) is 13.2 Å². The van der Waals surface area contributed by atoms with Crippen molar-refractivity contribution in [1.82, 2.24) is 5.32 Å². The number of aliphatic carboxylic acids is 1. The Bertz CT molecular complexity index is 452. The minimum Gasteiger partial charge on any atom is -0.493 e. The number of carboxylic acid groups (broad SMARTS) is 1. The maximum absolute atomic E-state index is 11.2. The molecule has 0 aliphatic carbocycles. The van der Waals surface area contributed by atoms with E-state index in [-0.39, 0.29) is 5.41 Å². The van der Waals surface area contributed by atoms with Crippen molar-refractivity contribution in [3.8, 4) is 5.75 Å². The van der Waals surface area contributed by atoms with Gasteiger partial charge in [-0.2, -0.15) is 0 Å². The zero-order valence-corrected chi connectivity index (χ0v) is 13.5. The number of ether oxygens (including phenoxy) is 1. The predicted molar refractivity (Wildman–Crippen MR) is 85.0 cm³/mol. The minimum absolute atomic E-state index is 0.00323. The van der Waals surface area contributed by atoms with Gasteiger partial charge in [0.1, 0.15) is 11.8 Å². The van der Waals surface area contributed by atoms with Gasteiger partial charge in [-0.1, -0.05) is 45.9 Å². The molecule has 1 aromatic rings. The van der Waals surface area contributed by atoms with Crippen LogP contribution >= 0.6 is 0 Å². The van der Waals surface area contributed by atoms with E-state index < -0.39 is 12.0 Å². The van der Waals surface area contributed by atoms with E-state index in [1.54, 1.807) is 0 Å². The molecule has 0 amide bonds. The van der Waals surface area contributed by atoms with Crippen LogP contribution in [0.4, 0.5) is 0 Å². The molecule has 4 nitrogen and oxygen atoms in total. The Labute approximate surface area is 127 Å². The van der Waals surface area contributed by atoms with Gasteiger partial charge in [0.05, 0.1) is 6.61 Å². The molecule has 0 aliphatic heterocycles. The summed E-state index contributed by atoms with van der Waals surface area (Å²) >= 11 is 0. The SMILES string of the molecule is CCCNC(CCOc1ccccc1C(C)(C)C)C(=O)O. The molecule has 0 aliphatic rings. The molecule has 0 heterocycles. The van der Waals surface area contributed by atoms with Crippen molar-refractivity contribution in [1.29, 1.82) is 0 Å². The number of nitrogens with one attached hydrogen (secondary N) is 1. The van der Waals surface area contributed by atoms with Crippen LogP contribution in [-0.4, -0.2) is 30.3 Å². The molecule has 0 spiro atoms. The van der Waals surface area contributed by atoms with Crippen LogP contribution < -0.4 is 10.1 Å². The molecule has 1 aromatic carbocycles. The van der Waals surface area contributed by atoms with Gasteiger partial charge in [-0.3, -0.25) is 4.79 Å². The average Bonchev–Trinajstić information content (AvgIpc) is 2.41. The van der Waals surface area contributed by atoms with E-state index in [0.29, 0.717) is 19.6 Å². The number of rotatable bonds is 8. The van der Waals surface area contributed by atoms with Crippen molar-refractivity contribution >= 4 is 5.97 Å². The molecule has 1 unspecified atom stereocenters. The van der Waals surface area contributed by atoms with E-state index in [1.165, 1.54) is 0 Å². The first-order chi connectivity index (χ1) is 9.86. The molecule has 1 atom stereocenters. The van der Waals surface area contributed by atoms with Crippen LogP contribution in [0.15, 0.2) is 24.3 Å². The second-order valence-electron chi connectivity index (χ2n) is 6.23. The van der Waals surface area contributed by atoms with Gasteiger partial charge < -0.3 is 15.2 Å². The molecule has 2 N–H and O–H groups in total. The lowest BCUT2D eigenvalue weighted by Gasteiger charge is -2.23. The van der Waals surface area contributed by atoms with E-state index >= 15 is 0 Å². The Morgan fingerprint density at radius 3 is 2.57 bits per heavy atom. The summed E-state index contributed by atoms with van der Waals surface area (Å²) in [7, 11) is 0. The summed E-state index contributed by atoms with van der Waals surface area (Å²) < 4.78 is 5.82. The van der Waals surface area contributed by atoms with E-state index in [0.717, 1.165) is 17.7 Å². The second-order valence-corrected chi connectivity index (χ2v) is 6.23. The predicted octanol–water partition coefficient (Wildman–Crippen LogP) is 3.21. The van der Waals surface area contributed by atoms with Gasteiger partial charge in [-0.05, 0) is 30.0 Å². The molecule has 0 bridgehead atoms. The third-order valence-electron chi connectivity index (χ3n) is 3.30. The van der Waals surface area contributed by atoms with Crippen LogP contribution in [0.5, 0.6) is 5.75 Å². The minimum atomic E-state index is -0.823. The van der Waals surface area contributed by atoms with Crippen molar-refractivity contribution in [2.45, 2.75) is 52.0 Å². The molecule has 0 aromatic heterocycles. The average molecular weight is 293 g/mol. The fourth-order valence-electron chi connectivity index (χ4n) is 2.13. The molecule has 0 saturated carbocycles. The van der Waals surface area contributed by atoms with Gasteiger partial charge in [-0.25, -0.2) is 0 Å². The van der Waals surface area contributed by atoms with Crippen LogP contribution in [-0.2, 0) is 10.2 Å². The standard InChI is InChI=1S/C17H27NO3/c1-5-11-18-14(16(19)20)10-12-21-15-9-7-6-8-13(15)17(2,3)4/h6-9,14,18H,5,10-12H2,1-4H3,(H,19,20). The maximum atomic E-state index is 11.2. The van der Waals surface area contributed by atoms with Crippen molar-refractivity contribution in [3.05, 3.63) is 29.8 Å². The van der Waals surface area contributed by atoms with Gasteiger partial charge in [0.25, 0.3) is 0 Å². The zero-order chi connectivity index (χ0) is 15.9. The van der Waals surface area contributed by atoms with E-state index in [4.69, 9.17) is 9.84 Å². The molecule has 0 radical (unpaired) electrons. The number of hydrogen-bond acceptors (Lipinski definition) is 3. The third-order valence-corrected chi connectivity index (χ3v) is 3.30. The number of carboxylic acids is 1. The topological polar surface area (TPSA) is 58.6 Å². The van der Waals surface area contributed by atoms with Crippen LogP contribution in [0.1, 0.15) is 46.1 Å². The number of hydrogen-bond donors (Lipinski definition) is 2. The second kappa shape index (κ2) is 8.03. The lowest BCUT2D eigenvalue weighted by atomic mass is 9.86. The Morgan fingerprint density at radius 2 is 2.00 bits per heavy atom. The number of benzene rings is 1. The van der Waals surface area contributed by atoms with Crippen LogP contribution in [0.3, 0.4) is 0 Å². The summed E-state index contributed by atoms with van der Waals surface area (Å²) in [6.07, 6.45) is 1.37. The summed E-state index contributed by atoms with van der Waals surface area (Å²) in [5.41, 5.74) is 1.14. The number of carbonyl (C=O) groups is 1. The molecule has 1 rings (SSSR count). The smallest absolute Gasteiger partial charge is 0.320 e. The molecular weight excluding hydrogens is 266 g/mol. The van der Waals surface area contributed by atoms with Crippen LogP contribution in [0.25, 0.3) is 0 Å². The first kappa shape index (κ1) is 17.5. The van der Waals surface area contributed by atoms with Crippen molar-refractivity contribution < 1.29 is 14.6 Å². The normalized spacial score (nSPS) is 13.0. The van der Waals surface area contributed by atoms with Gasteiger partial charge in [0, 0.05) is 6.42 Å². The van der Waals surface area contributed by atoms with E-state index in [2.05, 4.69) is 32.2 Å². The fourth-order valence-corrected chi connectivity index (χ4v) is 2.13. The molecular formula is C17H27NO3. The monoisotopic (exact) mass is 293 g/mol. The van der Waals surface area contributed by atoms with Crippen LogP contribution in [0, 0.1) is 0 Å². The number of para-hydroxylation sites is 1. The maximum Gasteiger partial charge on any atom is 0.320 e. The lowest BCUT2D eigenvalue weighted by molar-refractivity contribution is -0.139. The Hall–Kier alpha value is -1.55. The lowest BCUT2D eigenvalue weighted by Crippen LogP contribution is -2.38. The Balaban J connectivity index is 2.61. The van der Waals surface area contributed by atoms with Crippen molar-refractivity contribution in [2.24, 2.45) is 0 Å². The van der Waals surface area contributed by atoms with E-state index in [9.17, 15) is 4.79 Å². The Morgan fingerprint density at radius 1 is 1.33 bits per heavy atom. The molecule has 118 valence electrons. The van der Waals surface area contributed by atoms with Gasteiger partial charge in [0.2, 0.25) is 0 Å². The summed E-state index contributed by atoms with van der Waals surface area (Å²) in [5.74, 6) is 0.0146. The van der Waals surface area contributed by atoms with Gasteiger partial charge >= 0.3 is 5.97 Å². The Kier molecular flexibility index (Phi) is 6.69. The molecule has 0 saturated heterocycles. The zero-order valence-electron chi connectivity index (χ0n) is 13.5. The third kappa shape index (κ3) is 5.76. The quantitative estimate of drug-likeness (QED) is 0.772. The highest BCUT2D eigenvalue weighted by atomic mass is 16.5. The fraction of sp³-hybridized carbons (Fsp3) is 0.588. The summed E-state index contributed by atoms with van der Waals surface area (Å²) in [6.45, 7) is 9.52. The first-order valence-electron chi connectivity index (χ1n) is 7.54. The summed E-state index contributed by atoms with van der Waals surface area (Å²) in [6, 6.07) is 7.38. The summed E-state index contributed by atoms with van der Waals surface area (Å²) in [5, 5.41) is 12.2. The molecule has 21 heavy (non-hydrogen) atoms. The largest absolute Gasteiger partial charge is 0.493 e. The van der Waals surface area contributed by atoms with E-state index in [1.807, 2.05) is 25.1 Å². The van der Waals surface area contributed by atoms with Crippen LogP contribution in [0.2, 0.25) is 0 Å². The molecule has 4 heteroatoms.